The largest absolute Gasteiger partial charge is 0.416 e. The van der Waals surface area contributed by atoms with E-state index < -0.39 is 11.7 Å². The van der Waals surface area contributed by atoms with Crippen LogP contribution in [-0.2, 0) is 23.8 Å². The van der Waals surface area contributed by atoms with Crippen molar-refractivity contribution in [1.82, 2.24) is 5.32 Å². The van der Waals surface area contributed by atoms with E-state index in [9.17, 15) is 18.0 Å². The zero-order valence-electron chi connectivity index (χ0n) is 12.4. The van der Waals surface area contributed by atoms with Crippen LogP contribution in [0.2, 0.25) is 0 Å². The van der Waals surface area contributed by atoms with Crippen LogP contribution in [0.4, 0.5) is 13.2 Å². The maximum Gasteiger partial charge on any atom is 0.416 e. The molecule has 120 valence electrons. The van der Waals surface area contributed by atoms with Crippen molar-refractivity contribution in [3.8, 4) is 0 Å². The van der Waals surface area contributed by atoms with Gasteiger partial charge in [-0.15, -0.1) is 0 Å². The Labute approximate surface area is 132 Å². The Morgan fingerprint density at radius 2 is 1.91 bits per heavy atom. The second-order valence-corrected chi connectivity index (χ2v) is 5.73. The summed E-state index contributed by atoms with van der Waals surface area (Å²) in [5, 5.41) is 2.92. The number of nitrogens with one attached hydrogen (secondary N) is 1. The number of halogens is 3. The van der Waals surface area contributed by atoms with Gasteiger partial charge in [0.25, 0.3) is 0 Å². The van der Waals surface area contributed by atoms with Crippen molar-refractivity contribution in [3.05, 3.63) is 70.8 Å². The van der Waals surface area contributed by atoms with E-state index in [1.807, 2.05) is 24.3 Å². The van der Waals surface area contributed by atoms with E-state index in [1.54, 1.807) is 0 Å². The van der Waals surface area contributed by atoms with Gasteiger partial charge in [0.1, 0.15) is 0 Å². The molecule has 0 radical (unpaired) electrons. The minimum Gasteiger partial charge on any atom is -0.349 e. The molecule has 0 spiro atoms. The average molecular weight is 319 g/mol. The van der Waals surface area contributed by atoms with Gasteiger partial charge in [0.2, 0.25) is 5.91 Å². The van der Waals surface area contributed by atoms with E-state index in [0.717, 1.165) is 30.5 Å². The zero-order valence-corrected chi connectivity index (χ0v) is 12.4. The Morgan fingerprint density at radius 3 is 2.70 bits per heavy atom. The number of benzene rings is 2. The quantitative estimate of drug-likeness (QED) is 0.908. The van der Waals surface area contributed by atoms with Gasteiger partial charge in [-0.1, -0.05) is 42.5 Å². The highest BCUT2D eigenvalue weighted by Crippen LogP contribution is 2.31. The third kappa shape index (κ3) is 3.55. The predicted octanol–water partition coefficient (Wildman–Crippen LogP) is 4.05. The van der Waals surface area contributed by atoms with E-state index in [1.165, 1.54) is 17.7 Å². The highest BCUT2D eigenvalue weighted by Gasteiger charge is 2.30. The first kappa shape index (κ1) is 15.6. The Morgan fingerprint density at radius 1 is 1.13 bits per heavy atom. The second kappa shape index (κ2) is 6.07. The number of amides is 1. The fourth-order valence-electron chi connectivity index (χ4n) is 3.00. The molecule has 0 saturated heterocycles. The summed E-state index contributed by atoms with van der Waals surface area (Å²) >= 11 is 0. The molecule has 3 rings (SSSR count). The fourth-order valence-corrected chi connectivity index (χ4v) is 3.00. The molecule has 1 N–H and O–H groups in total. The normalized spacial score (nSPS) is 16.9. The minimum absolute atomic E-state index is 0.0514. The van der Waals surface area contributed by atoms with Gasteiger partial charge in [0.15, 0.2) is 0 Å². The van der Waals surface area contributed by atoms with Crippen LogP contribution in [0.15, 0.2) is 48.5 Å². The Hall–Kier alpha value is -2.30. The first-order valence-corrected chi connectivity index (χ1v) is 7.47. The van der Waals surface area contributed by atoms with Gasteiger partial charge in [-0.05, 0) is 35.6 Å². The third-order valence-electron chi connectivity index (χ3n) is 4.09. The van der Waals surface area contributed by atoms with Gasteiger partial charge in [-0.2, -0.15) is 13.2 Å². The summed E-state index contributed by atoms with van der Waals surface area (Å²) in [6.07, 6.45) is -2.71. The predicted molar refractivity (Wildman–Crippen MR) is 80.8 cm³/mol. The van der Waals surface area contributed by atoms with Crippen molar-refractivity contribution >= 4 is 5.91 Å². The zero-order chi connectivity index (χ0) is 16.4. The molecule has 1 atom stereocenters. The lowest BCUT2D eigenvalue weighted by molar-refractivity contribution is -0.137. The van der Waals surface area contributed by atoms with Crippen molar-refractivity contribution < 1.29 is 18.0 Å². The van der Waals surface area contributed by atoms with Gasteiger partial charge < -0.3 is 5.32 Å². The van der Waals surface area contributed by atoms with Crippen molar-refractivity contribution in [1.29, 1.82) is 0 Å². The van der Waals surface area contributed by atoms with Crippen LogP contribution in [0.5, 0.6) is 0 Å². The number of carbonyl (C=O) groups is 1. The number of carbonyl (C=O) groups excluding carboxylic acids is 1. The summed E-state index contributed by atoms with van der Waals surface area (Å²) in [5.41, 5.74) is 1.96. The lowest BCUT2D eigenvalue weighted by atomic mass is 10.1. The molecular weight excluding hydrogens is 303 g/mol. The summed E-state index contributed by atoms with van der Waals surface area (Å²) < 4.78 is 38.1. The number of hydrogen-bond acceptors (Lipinski definition) is 1. The molecule has 5 heteroatoms. The van der Waals surface area contributed by atoms with E-state index in [0.29, 0.717) is 5.56 Å². The van der Waals surface area contributed by atoms with E-state index in [-0.39, 0.29) is 18.4 Å². The molecule has 23 heavy (non-hydrogen) atoms. The van der Waals surface area contributed by atoms with Crippen LogP contribution in [0, 0.1) is 0 Å². The number of hydrogen-bond donors (Lipinski definition) is 1. The topological polar surface area (TPSA) is 29.1 Å². The lowest BCUT2D eigenvalue weighted by Crippen LogP contribution is -2.28. The van der Waals surface area contributed by atoms with Crippen LogP contribution in [0.25, 0.3) is 0 Å². The molecule has 2 aromatic rings. The molecule has 2 nitrogen and oxygen atoms in total. The van der Waals surface area contributed by atoms with Gasteiger partial charge in [-0.3, -0.25) is 4.79 Å². The van der Waals surface area contributed by atoms with E-state index in [4.69, 9.17) is 0 Å². The van der Waals surface area contributed by atoms with Crippen molar-refractivity contribution in [2.75, 3.05) is 0 Å². The van der Waals surface area contributed by atoms with Crippen molar-refractivity contribution in [2.45, 2.75) is 31.5 Å². The molecule has 1 aliphatic carbocycles. The van der Waals surface area contributed by atoms with E-state index in [2.05, 4.69) is 5.32 Å². The molecule has 0 aliphatic heterocycles. The third-order valence-corrected chi connectivity index (χ3v) is 4.09. The highest BCUT2D eigenvalue weighted by atomic mass is 19.4. The number of alkyl halides is 3. The first-order valence-electron chi connectivity index (χ1n) is 7.47. The maximum absolute atomic E-state index is 12.7. The maximum atomic E-state index is 12.7. The molecule has 0 saturated carbocycles. The Balaban J connectivity index is 1.67. The van der Waals surface area contributed by atoms with Gasteiger partial charge in [-0.25, -0.2) is 0 Å². The number of rotatable bonds is 3. The van der Waals surface area contributed by atoms with Crippen LogP contribution < -0.4 is 5.32 Å². The second-order valence-electron chi connectivity index (χ2n) is 5.73. The fraction of sp³-hybridized carbons (Fsp3) is 0.278. The lowest BCUT2D eigenvalue weighted by Gasteiger charge is -2.14. The summed E-state index contributed by atoms with van der Waals surface area (Å²) in [5.74, 6) is -0.258. The molecule has 1 aliphatic rings. The van der Waals surface area contributed by atoms with Gasteiger partial charge in [0.05, 0.1) is 18.0 Å². The van der Waals surface area contributed by atoms with Crippen LogP contribution in [0.1, 0.15) is 34.7 Å². The molecule has 1 amide bonds. The SMILES string of the molecule is O=C(Cc1cccc(C(F)(F)F)c1)N[C@H]1CCc2ccccc21. The smallest absolute Gasteiger partial charge is 0.349 e. The highest BCUT2D eigenvalue weighted by molar-refractivity contribution is 5.79. The average Bonchev–Trinajstić information content (AvgIpc) is 2.90. The van der Waals surface area contributed by atoms with Crippen LogP contribution in [0.3, 0.4) is 0 Å². The van der Waals surface area contributed by atoms with Crippen LogP contribution >= 0.6 is 0 Å². The molecule has 0 aromatic heterocycles. The summed E-state index contributed by atoms with van der Waals surface area (Å²) in [4.78, 5) is 12.1. The summed E-state index contributed by atoms with van der Waals surface area (Å²) in [6, 6.07) is 12.8. The summed E-state index contributed by atoms with van der Waals surface area (Å²) in [6.45, 7) is 0. The number of aryl methyl sites for hydroxylation is 1. The Bertz CT molecular complexity index is 724. The van der Waals surface area contributed by atoms with Crippen LogP contribution in [-0.4, -0.2) is 5.91 Å². The Kier molecular flexibility index (Phi) is 4.11. The first-order chi connectivity index (χ1) is 10.9. The molecule has 0 unspecified atom stereocenters. The number of fused-ring (bicyclic) bond motifs is 1. The van der Waals surface area contributed by atoms with E-state index >= 15 is 0 Å². The molecule has 0 fully saturated rings. The molecular formula is C18H16F3NO. The minimum atomic E-state index is -4.39. The van der Waals surface area contributed by atoms with Crippen molar-refractivity contribution in [3.63, 3.8) is 0 Å². The van der Waals surface area contributed by atoms with Crippen molar-refractivity contribution in [2.24, 2.45) is 0 Å². The molecule has 0 bridgehead atoms. The molecule has 0 heterocycles. The molecule has 2 aromatic carbocycles. The summed E-state index contributed by atoms with van der Waals surface area (Å²) in [7, 11) is 0. The monoisotopic (exact) mass is 319 g/mol. The van der Waals surface area contributed by atoms with Gasteiger partial charge in [0, 0.05) is 0 Å². The standard InChI is InChI=1S/C18H16F3NO/c19-18(20,21)14-6-3-4-12(10-14)11-17(23)22-16-9-8-13-5-1-2-7-15(13)16/h1-7,10,16H,8-9,11H2,(H,22,23)/t16-/m0/s1. The van der Waals surface area contributed by atoms with Gasteiger partial charge >= 0.3 is 6.18 Å².